The Morgan fingerprint density at radius 3 is 2.53 bits per heavy atom. The molecule has 17 heavy (non-hydrogen) atoms. The minimum Gasteiger partial charge on any atom is -0.490 e. The lowest BCUT2D eigenvalue weighted by Gasteiger charge is -2.07. The number of rotatable bonds is 5. The Labute approximate surface area is 104 Å². The third kappa shape index (κ3) is 3.92. The van der Waals surface area contributed by atoms with Crippen LogP contribution < -0.4 is 9.47 Å². The second kappa shape index (κ2) is 6.06. The second-order valence-corrected chi connectivity index (χ2v) is 3.58. The predicted octanol–water partition coefficient (Wildman–Crippen LogP) is 2.59. The number of para-hydroxylation sites is 1. The van der Waals surface area contributed by atoms with Crippen LogP contribution in [0.3, 0.4) is 0 Å². The fraction of sp³-hybridized carbons (Fsp3) is 0.167. The minimum atomic E-state index is 0.312. The number of hydrogen-bond acceptors (Lipinski definition) is 4. The molecule has 88 valence electrons. The maximum atomic E-state index is 5.67. The first-order chi connectivity index (χ1) is 8.34. The van der Waals surface area contributed by atoms with Crippen molar-refractivity contribution in [3.05, 3.63) is 47.9 Å². The van der Waals surface area contributed by atoms with Crippen LogP contribution in [0.2, 0.25) is 5.15 Å². The minimum absolute atomic E-state index is 0.312. The van der Waals surface area contributed by atoms with Crippen molar-refractivity contribution in [1.82, 2.24) is 9.97 Å². The Morgan fingerprint density at radius 2 is 1.76 bits per heavy atom. The van der Waals surface area contributed by atoms with Gasteiger partial charge in [-0.05, 0) is 12.1 Å². The Hall–Kier alpha value is -1.81. The molecule has 0 saturated heterocycles. The van der Waals surface area contributed by atoms with Crippen LogP contribution in [0.15, 0.2) is 42.7 Å². The lowest BCUT2D eigenvalue weighted by atomic mass is 10.3. The van der Waals surface area contributed by atoms with Crippen LogP contribution in [-0.2, 0) is 0 Å². The van der Waals surface area contributed by atoms with E-state index in [0.29, 0.717) is 24.2 Å². The van der Waals surface area contributed by atoms with Crippen molar-refractivity contribution >= 4 is 11.6 Å². The molecule has 1 heterocycles. The quantitative estimate of drug-likeness (QED) is 0.765. The standard InChI is InChI=1S/C12H11ClN2O2/c13-11-8-14-9-12(15-11)17-7-6-16-10-4-2-1-3-5-10/h1-5,8-9H,6-7H2. The summed E-state index contributed by atoms with van der Waals surface area (Å²) >= 11 is 5.67. The van der Waals surface area contributed by atoms with Gasteiger partial charge in [0.15, 0.2) is 5.15 Å². The van der Waals surface area contributed by atoms with E-state index in [1.165, 1.54) is 12.4 Å². The molecule has 0 bridgehead atoms. The zero-order chi connectivity index (χ0) is 11.9. The molecule has 0 aliphatic carbocycles. The second-order valence-electron chi connectivity index (χ2n) is 3.19. The zero-order valence-corrected chi connectivity index (χ0v) is 9.80. The summed E-state index contributed by atoms with van der Waals surface area (Å²) in [7, 11) is 0. The largest absolute Gasteiger partial charge is 0.490 e. The van der Waals surface area contributed by atoms with Crippen LogP contribution in [-0.4, -0.2) is 23.2 Å². The fourth-order valence-electron chi connectivity index (χ4n) is 1.22. The van der Waals surface area contributed by atoms with Crippen LogP contribution in [0.4, 0.5) is 0 Å². The topological polar surface area (TPSA) is 44.2 Å². The molecule has 0 N–H and O–H groups in total. The van der Waals surface area contributed by atoms with E-state index in [0.717, 1.165) is 5.75 Å². The number of nitrogens with zero attached hydrogens (tertiary/aromatic N) is 2. The van der Waals surface area contributed by atoms with Gasteiger partial charge in [0, 0.05) is 0 Å². The van der Waals surface area contributed by atoms with Gasteiger partial charge in [0.1, 0.15) is 19.0 Å². The molecule has 2 rings (SSSR count). The summed E-state index contributed by atoms with van der Waals surface area (Å²) in [5.41, 5.74) is 0. The Balaban J connectivity index is 1.73. The number of aromatic nitrogens is 2. The summed E-state index contributed by atoms with van der Waals surface area (Å²) in [6, 6.07) is 9.54. The van der Waals surface area contributed by atoms with Crippen LogP contribution >= 0.6 is 11.6 Å². The summed E-state index contributed by atoms with van der Waals surface area (Å²) < 4.78 is 10.8. The molecule has 0 aliphatic rings. The Morgan fingerprint density at radius 1 is 1.00 bits per heavy atom. The SMILES string of the molecule is Clc1cncc(OCCOc2ccccc2)n1. The molecule has 0 aliphatic heterocycles. The highest BCUT2D eigenvalue weighted by molar-refractivity contribution is 6.29. The molecule has 0 unspecified atom stereocenters. The van der Waals surface area contributed by atoms with Gasteiger partial charge in [-0.1, -0.05) is 29.8 Å². The monoisotopic (exact) mass is 250 g/mol. The van der Waals surface area contributed by atoms with E-state index in [9.17, 15) is 0 Å². The number of ether oxygens (including phenoxy) is 2. The van der Waals surface area contributed by atoms with E-state index < -0.39 is 0 Å². The molecular weight excluding hydrogens is 240 g/mol. The van der Waals surface area contributed by atoms with Crippen molar-refractivity contribution in [2.24, 2.45) is 0 Å². The van der Waals surface area contributed by atoms with E-state index in [-0.39, 0.29) is 0 Å². The van der Waals surface area contributed by atoms with Gasteiger partial charge >= 0.3 is 0 Å². The average molecular weight is 251 g/mol. The maximum Gasteiger partial charge on any atom is 0.233 e. The van der Waals surface area contributed by atoms with E-state index in [1.807, 2.05) is 30.3 Å². The highest BCUT2D eigenvalue weighted by Gasteiger charge is 1.97. The molecule has 0 saturated carbocycles. The van der Waals surface area contributed by atoms with E-state index in [2.05, 4.69) is 9.97 Å². The lowest BCUT2D eigenvalue weighted by Crippen LogP contribution is -2.09. The van der Waals surface area contributed by atoms with Gasteiger partial charge in [0.25, 0.3) is 0 Å². The van der Waals surface area contributed by atoms with Crippen LogP contribution in [0.1, 0.15) is 0 Å². The van der Waals surface area contributed by atoms with Crippen molar-refractivity contribution < 1.29 is 9.47 Å². The molecule has 5 heteroatoms. The van der Waals surface area contributed by atoms with Gasteiger partial charge in [0.2, 0.25) is 5.88 Å². The maximum absolute atomic E-state index is 5.67. The predicted molar refractivity (Wildman–Crippen MR) is 64.5 cm³/mol. The van der Waals surface area contributed by atoms with Crippen molar-refractivity contribution in [2.45, 2.75) is 0 Å². The highest BCUT2D eigenvalue weighted by Crippen LogP contribution is 2.10. The Bertz CT molecular complexity index is 465. The number of hydrogen-bond donors (Lipinski definition) is 0. The molecule has 2 aromatic rings. The van der Waals surface area contributed by atoms with Gasteiger partial charge in [0.05, 0.1) is 12.4 Å². The van der Waals surface area contributed by atoms with Crippen LogP contribution in [0, 0.1) is 0 Å². The highest BCUT2D eigenvalue weighted by atomic mass is 35.5. The van der Waals surface area contributed by atoms with E-state index >= 15 is 0 Å². The van der Waals surface area contributed by atoms with Crippen molar-refractivity contribution in [3.63, 3.8) is 0 Å². The number of benzene rings is 1. The average Bonchev–Trinajstić information content (AvgIpc) is 2.36. The van der Waals surface area contributed by atoms with Gasteiger partial charge in [-0.15, -0.1) is 0 Å². The first-order valence-electron chi connectivity index (χ1n) is 5.13. The zero-order valence-electron chi connectivity index (χ0n) is 9.04. The number of halogens is 1. The summed E-state index contributed by atoms with van der Waals surface area (Å²) in [5, 5.41) is 0.312. The molecular formula is C12H11ClN2O2. The molecule has 0 radical (unpaired) electrons. The molecule has 0 spiro atoms. The van der Waals surface area contributed by atoms with Crippen molar-refractivity contribution in [2.75, 3.05) is 13.2 Å². The summed E-state index contributed by atoms with van der Waals surface area (Å²) in [6.45, 7) is 0.835. The molecule has 4 nitrogen and oxygen atoms in total. The van der Waals surface area contributed by atoms with E-state index in [4.69, 9.17) is 21.1 Å². The first-order valence-corrected chi connectivity index (χ1v) is 5.50. The molecule has 1 aromatic heterocycles. The van der Waals surface area contributed by atoms with Gasteiger partial charge in [-0.3, -0.25) is 4.98 Å². The van der Waals surface area contributed by atoms with Gasteiger partial charge < -0.3 is 9.47 Å². The molecule has 0 fully saturated rings. The third-order valence-corrected chi connectivity index (χ3v) is 2.11. The molecule has 1 aromatic carbocycles. The molecule has 0 atom stereocenters. The fourth-order valence-corrected chi connectivity index (χ4v) is 1.36. The van der Waals surface area contributed by atoms with Crippen LogP contribution in [0.5, 0.6) is 11.6 Å². The summed E-state index contributed by atoms with van der Waals surface area (Å²) in [4.78, 5) is 7.80. The Kier molecular flexibility index (Phi) is 4.16. The third-order valence-electron chi connectivity index (χ3n) is 1.93. The summed E-state index contributed by atoms with van der Waals surface area (Å²) in [6.07, 6.45) is 2.96. The van der Waals surface area contributed by atoms with Crippen molar-refractivity contribution in [1.29, 1.82) is 0 Å². The van der Waals surface area contributed by atoms with Crippen molar-refractivity contribution in [3.8, 4) is 11.6 Å². The lowest BCUT2D eigenvalue weighted by molar-refractivity contribution is 0.211. The first kappa shape index (κ1) is 11.7. The van der Waals surface area contributed by atoms with Gasteiger partial charge in [-0.2, -0.15) is 4.98 Å². The summed E-state index contributed by atoms with van der Waals surface area (Å²) in [5.74, 6) is 1.21. The smallest absolute Gasteiger partial charge is 0.233 e. The molecule has 0 amide bonds. The van der Waals surface area contributed by atoms with Gasteiger partial charge in [-0.25, -0.2) is 0 Å². The normalized spacial score (nSPS) is 9.94. The van der Waals surface area contributed by atoms with E-state index in [1.54, 1.807) is 0 Å². The van der Waals surface area contributed by atoms with Crippen LogP contribution in [0.25, 0.3) is 0 Å².